The van der Waals surface area contributed by atoms with Crippen molar-refractivity contribution in [2.75, 3.05) is 11.4 Å². The van der Waals surface area contributed by atoms with Crippen LogP contribution in [0.2, 0.25) is 0 Å². The zero-order valence-electron chi connectivity index (χ0n) is 14.4. The molecule has 122 valence electrons. The van der Waals surface area contributed by atoms with Gasteiger partial charge in [-0.3, -0.25) is 4.79 Å². The summed E-state index contributed by atoms with van der Waals surface area (Å²) in [7, 11) is 0. The van der Waals surface area contributed by atoms with E-state index < -0.39 is 0 Å². The zero-order chi connectivity index (χ0) is 17.3. The molecule has 2 atom stereocenters. The summed E-state index contributed by atoms with van der Waals surface area (Å²) in [5, 5.41) is 9.46. The maximum atomic E-state index is 11.7. The molecule has 3 rings (SSSR count). The fraction of sp³-hybridized carbons (Fsp3) is 0.333. The quantitative estimate of drug-likeness (QED) is 0.785. The Morgan fingerprint density at radius 3 is 2.67 bits per heavy atom. The van der Waals surface area contributed by atoms with E-state index in [0.717, 1.165) is 18.7 Å². The van der Waals surface area contributed by atoms with E-state index >= 15 is 0 Å². The van der Waals surface area contributed by atoms with E-state index in [-0.39, 0.29) is 5.78 Å². The van der Waals surface area contributed by atoms with E-state index in [1.54, 1.807) is 19.1 Å². The van der Waals surface area contributed by atoms with Gasteiger partial charge in [0.15, 0.2) is 5.78 Å². The molecule has 1 aliphatic rings. The highest BCUT2D eigenvalue weighted by Gasteiger charge is 2.32. The second kappa shape index (κ2) is 6.49. The Hall–Kier alpha value is -2.60. The monoisotopic (exact) mass is 318 g/mol. The Balaban J connectivity index is 1.96. The molecule has 2 aromatic carbocycles. The topological polar surface area (TPSA) is 44.1 Å². The molecular formula is C21H22N2O. The average Bonchev–Trinajstić information content (AvgIpc) is 2.96. The molecule has 24 heavy (non-hydrogen) atoms. The number of Topliss-reactive ketones (excluding diaryl/α,β-unsaturated/α-hetero) is 1. The lowest BCUT2D eigenvalue weighted by atomic mass is 9.93. The molecule has 0 aliphatic carbocycles. The van der Waals surface area contributed by atoms with Crippen LogP contribution in [0.3, 0.4) is 0 Å². The summed E-state index contributed by atoms with van der Waals surface area (Å²) < 4.78 is 0. The molecule has 0 saturated carbocycles. The first-order chi connectivity index (χ1) is 11.5. The number of nitrogens with zero attached hydrogens (tertiary/aromatic N) is 2. The van der Waals surface area contributed by atoms with Gasteiger partial charge in [0.05, 0.1) is 11.3 Å². The lowest BCUT2D eigenvalue weighted by Crippen LogP contribution is -2.27. The molecule has 1 heterocycles. The smallest absolute Gasteiger partial charge is 0.159 e. The van der Waals surface area contributed by atoms with Crippen LogP contribution < -0.4 is 4.90 Å². The van der Waals surface area contributed by atoms with Crippen molar-refractivity contribution in [3.05, 3.63) is 64.7 Å². The predicted molar refractivity (Wildman–Crippen MR) is 96.5 cm³/mol. The van der Waals surface area contributed by atoms with Crippen LogP contribution in [-0.4, -0.2) is 18.4 Å². The normalized spacial score (nSPS) is 20.0. The van der Waals surface area contributed by atoms with Gasteiger partial charge in [0.25, 0.3) is 0 Å². The van der Waals surface area contributed by atoms with Crippen molar-refractivity contribution in [1.82, 2.24) is 0 Å². The highest BCUT2D eigenvalue weighted by Crippen LogP contribution is 2.37. The van der Waals surface area contributed by atoms with Crippen LogP contribution in [0.4, 0.5) is 5.69 Å². The summed E-state index contributed by atoms with van der Waals surface area (Å²) in [6.07, 6.45) is 1.06. The van der Waals surface area contributed by atoms with Crippen molar-refractivity contribution in [3.63, 3.8) is 0 Å². The molecule has 1 saturated heterocycles. The van der Waals surface area contributed by atoms with Crippen LogP contribution >= 0.6 is 0 Å². The second-order valence-electron chi connectivity index (χ2n) is 6.69. The van der Waals surface area contributed by atoms with E-state index in [0.29, 0.717) is 23.1 Å². The van der Waals surface area contributed by atoms with Crippen molar-refractivity contribution < 1.29 is 4.79 Å². The highest BCUT2D eigenvalue weighted by molar-refractivity contribution is 5.95. The minimum absolute atomic E-state index is 0.0306. The number of anilines is 1. The van der Waals surface area contributed by atoms with Gasteiger partial charge in [-0.1, -0.05) is 24.3 Å². The summed E-state index contributed by atoms with van der Waals surface area (Å²) in [6.45, 7) is 6.79. The number of rotatable bonds is 3. The second-order valence-corrected chi connectivity index (χ2v) is 6.69. The summed E-state index contributed by atoms with van der Waals surface area (Å²) in [4.78, 5) is 14.0. The third-order valence-corrected chi connectivity index (χ3v) is 5.04. The largest absolute Gasteiger partial charge is 0.367 e. The van der Waals surface area contributed by atoms with E-state index in [2.05, 4.69) is 49.1 Å². The third kappa shape index (κ3) is 2.92. The fourth-order valence-electron chi connectivity index (χ4n) is 3.72. The maximum Gasteiger partial charge on any atom is 0.159 e. The summed E-state index contributed by atoms with van der Waals surface area (Å²) in [5.41, 5.74) is 4.88. The molecule has 0 aromatic heterocycles. The van der Waals surface area contributed by atoms with Crippen molar-refractivity contribution >= 4 is 11.5 Å². The van der Waals surface area contributed by atoms with Crippen LogP contribution in [0.5, 0.6) is 0 Å². The zero-order valence-corrected chi connectivity index (χ0v) is 14.4. The molecule has 3 heteroatoms. The molecule has 0 amide bonds. The SMILES string of the molecule is CC(=O)c1ccc(C#N)c(N2CC(c3ccccc3C)CC2C)c1. The fourth-order valence-corrected chi connectivity index (χ4v) is 3.72. The van der Waals surface area contributed by atoms with Crippen LogP contribution in [0.1, 0.15) is 53.2 Å². The first-order valence-corrected chi connectivity index (χ1v) is 8.38. The highest BCUT2D eigenvalue weighted by atomic mass is 16.1. The van der Waals surface area contributed by atoms with E-state index in [1.165, 1.54) is 11.1 Å². The Morgan fingerprint density at radius 1 is 1.25 bits per heavy atom. The lowest BCUT2D eigenvalue weighted by Gasteiger charge is -2.25. The number of benzene rings is 2. The summed E-state index contributed by atoms with van der Waals surface area (Å²) in [6, 6.07) is 16.5. The number of aryl methyl sites for hydroxylation is 1. The first kappa shape index (κ1) is 16.3. The van der Waals surface area contributed by atoms with E-state index in [4.69, 9.17) is 0 Å². The van der Waals surface area contributed by atoms with Gasteiger partial charge in [-0.2, -0.15) is 5.26 Å². The summed E-state index contributed by atoms with van der Waals surface area (Å²) in [5.74, 6) is 0.483. The number of ketones is 1. The minimum Gasteiger partial charge on any atom is -0.367 e. The van der Waals surface area contributed by atoms with E-state index in [1.807, 2.05) is 6.07 Å². The summed E-state index contributed by atoms with van der Waals surface area (Å²) >= 11 is 0. The van der Waals surface area contributed by atoms with Gasteiger partial charge in [-0.15, -0.1) is 0 Å². The molecule has 3 nitrogen and oxygen atoms in total. The number of carbonyl (C=O) groups excluding carboxylic acids is 1. The lowest BCUT2D eigenvalue weighted by molar-refractivity contribution is 0.101. The Morgan fingerprint density at radius 2 is 2.00 bits per heavy atom. The predicted octanol–water partition coefficient (Wildman–Crippen LogP) is 4.45. The third-order valence-electron chi connectivity index (χ3n) is 5.04. The van der Waals surface area contributed by atoms with Gasteiger partial charge in [-0.05, 0) is 56.5 Å². The van der Waals surface area contributed by atoms with Gasteiger partial charge < -0.3 is 4.90 Å². The molecular weight excluding hydrogens is 296 g/mol. The number of hydrogen-bond acceptors (Lipinski definition) is 3. The minimum atomic E-state index is 0.0306. The van der Waals surface area contributed by atoms with Crippen LogP contribution in [-0.2, 0) is 0 Å². The standard InChI is InChI=1S/C21H22N2O/c1-14-6-4-5-7-20(14)19-10-15(2)23(13-19)21-11-17(16(3)24)8-9-18(21)12-22/h4-9,11,15,19H,10,13H2,1-3H3. The Labute approximate surface area is 143 Å². The molecule has 0 bridgehead atoms. The molecule has 0 radical (unpaired) electrons. The molecule has 1 fully saturated rings. The van der Waals surface area contributed by atoms with Crippen molar-refractivity contribution in [2.24, 2.45) is 0 Å². The van der Waals surface area contributed by atoms with Crippen molar-refractivity contribution in [1.29, 1.82) is 5.26 Å². The van der Waals surface area contributed by atoms with Crippen LogP contribution in [0, 0.1) is 18.3 Å². The van der Waals surface area contributed by atoms with Crippen molar-refractivity contribution in [2.45, 2.75) is 39.2 Å². The van der Waals surface area contributed by atoms with Gasteiger partial charge in [-0.25, -0.2) is 0 Å². The Bertz CT molecular complexity index is 819. The number of carbonyl (C=O) groups is 1. The Kier molecular flexibility index (Phi) is 4.40. The molecule has 2 aromatic rings. The molecule has 2 unspecified atom stereocenters. The first-order valence-electron chi connectivity index (χ1n) is 8.38. The number of hydrogen-bond donors (Lipinski definition) is 0. The molecule has 0 N–H and O–H groups in total. The maximum absolute atomic E-state index is 11.7. The van der Waals surface area contributed by atoms with Crippen LogP contribution in [0.25, 0.3) is 0 Å². The van der Waals surface area contributed by atoms with Crippen molar-refractivity contribution in [3.8, 4) is 6.07 Å². The molecule has 0 spiro atoms. The van der Waals surface area contributed by atoms with Gasteiger partial charge >= 0.3 is 0 Å². The van der Waals surface area contributed by atoms with Gasteiger partial charge in [0.2, 0.25) is 0 Å². The van der Waals surface area contributed by atoms with Gasteiger partial charge in [0.1, 0.15) is 6.07 Å². The number of nitriles is 1. The van der Waals surface area contributed by atoms with Gasteiger partial charge in [0, 0.05) is 24.1 Å². The van der Waals surface area contributed by atoms with Crippen LogP contribution in [0.15, 0.2) is 42.5 Å². The molecule has 1 aliphatic heterocycles. The van der Waals surface area contributed by atoms with E-state index in [9.17, 15) is 10.1 Å². The average molecular weight is 318 g/mol.